The molecule has 0 aromatic heterocycles. The van der Waals surface area contributed by atoms with Gasteiger partial charge in [-0.05, 0) is 73.3 Å². The summed E-state index contributed by atoms with van der Waals surface area (Å²) in [6.45, 7) is 13.3. The largest absolute Gasteiger partial charge is 0.463 e. The second-order valence-corrected chi connectivity index (χ2v) is 10.1. The van der Waals surface area contributed by atoms with Gasteiger partial charge in [-0.15, -0.1) is 0 Å². The van der Waals surface area contributed by atoms with E-state index in [2.05, 4.69) is 5.32 Å². The fourth-order valence-electron chi connectivity index (χ4n) is 2.94. The van der Waals surface area contributed by atoms with Crippen LogP contribution in [-0.2, 0) is 35.1 Å². The molecule has 8 nitrogen and oxygen atoms in total. The minimum Gasteiger partial charge on any atom is -0.463 e. The number of carbonyl (C=O) groups is 3. The predicted molar refractivity (Wildman–Crippen MR) is 134 cm³/mol. The number of nitrogens with one attached hydrogen (secondary N) is 1. The minimum atomic E-state index is -1.03. The topological polar surface area (TPSA) is 100 Å². The lowest BCUT2D eigenvalue weighted by atomic mass is 10.1. The fourth-order valence-corrected chi connectivity index (χ4v) is 2.94. The van der Waals surface area contributed by atoms with Gasteiger partial charge in [-0.25, -0.2) is 14.4 Å². The van der Waals surface area contributed by atoms with Crippen LogP contribution in [0.3, 0.4) is 0 Å². The molecule has 0 aliphatic rings. The maximum atomic E-state index is 12.7. The lowest BCUT2D eigenvalue weighted by Gasteiger charge is -2.26. The van der Waals surface area contributed by atoms with Crippen molar-refractivity contribution in [1.82, 2.24) is 5.32 Å². The molecule has 0 spiro atoms. The highest BCUT2D eigenvalue weighted by molar-refractivity contribution is 5.88. The summed E-state index contributed by atoms with van der Waals surface area (Å²) >= 11 is 0. The third kappa shape index (κ3) is 14.2. The summed E-state index contributed by atoms with van der Waals surface area (Å²) in [5.41, 5.74) is 0.0139. The number of carbonyl (C=O) groups excluding carboxylic acids is 3. The van der Waals surface area contributed by atoms with Crippen LogP contribution in [0.1, 0.15) is 73.3 Å². The van der Waals surface area contributed by atoms with Crippen molar-refractivity contribution < 1.29 is 33.3 Å². The van der Waals surface area contributed by atoms with Crippen molar-refractivity contribution in [3.63, 3.8) is 0 Å². The van der Waals surface area contributed by atoms with Gasteiger partial charge < -0.3 is 24.3 Å². The predicted octanol–water partition coefficient (Wildman–Crippen LogP) is 5.10. The number of benzene rings is 1. The summed E-state index contributed by atoms with van der Waals surface area (Å²) < 4.78 is 21.6. The Kier molecular flexibility index (Phi) is 12.5. The van der Waals surface area contributed by atoms with Crippen molar-refractivity contribution in [3.05, 3.63) is 47.5 Å². The number of ether oxygens (including phenoxy) is 4. The van der Waals surface area contributed by atoms with Crippen LogP contribution in [0.5, 0.6) is 0 Å². The zero-order valence-electron chi connectivity index (χ0n) is 22.1. The first kappa shape index (κ1) is 30.2. The molecular weight excluding hydrogens is 450 g/mol. The summed E-state index contributed by atoms with van der Waals surface area (Å²) in [6, 6.07) is 8.79. The molecule has 8 heteroatoms. The lowest BCUT2D eigenvalue weighted by molar-refractivity contribution is -0.157. The molecular formula is C27H41NO7. The van der Waals surface area contributed by atoms with Crippen LogP contribution in [0, 0.1) is 0 Å². The van der Waals surface area contributed by atoms with Crippen molar-refractivity contribution in [2.45, 2.75) is 91.6 Å². The Balaban J connectivity index is 2.84. The van der Waals surface area contributed by atoms with Crippen molar-refractivity contribution in [2.75, 3.05) is 13.2 Å². The van der Waals surface area contributed by atoms with Crippen LogP contribution in [0.2, 0.25) is 0 Å². The summed E-state index contributed by atoms with van der Waals surface area (Å²) in [5, 5.41) is 2.56. The van der Waals surface area contributed by atoms with Gasteiger partial charge >= 0.3 is 18.0 Å². The number of alkyl carbamates (subject to hydrolysis) is 1. The Morgan fingerprint density at radius 3 is 2.17 bits per heavy atom. The van der Waals surface area contributed by atoms with Gasteiger partial charge in [0.2, 0.25) is 0 Å². The lowest BCUT2D eigenvalue weighted by Crippen LogP contribution is -2.45. The van der Waals surface area contributed by atoms with Crippen LogP contribution >= 0.6 is 0 Å². The van der Waals surface area contributed by atoms with Crippen LogP contribution < -0.4 is 5.32 Å². The molecule has 0 saturated carbocycles. The maximum Gasteiger partial charge on any atom is 0.408 e. The molecule has 0 unspecified atom stereocenters. The van der Waals surface area contributed by atoms with E-state index in [0.29, 0.717) is 31.6 Å². The second kappa shape index (κ2) is 14.5. The SMILES string of the molecule is CCOC(=O)/C(=C/C[C@H](NC(=O)OC(C)(C)C)C(=O)OC(C)(C)C)CCCOCc1ccccc1. The molecule has 0 fully saturated rings. The first-order chi connectivity index (χ1) is 16.3. The van der Waals surface area contributed by atoms with Crippen LogP contribution in [0.25, 0.3) is 0 Å². The van der Waals surface area contributed by atoms with E-state index in [1.807, 2.05) is 30.3 Å². The average molecular weight is 492 g/mol. The van der Waals surface area contributed by atoms with E-state index in [0.717, 1.165) is 5.56 Å². The van der Waals surface area contributed by atoms with Gasteiger partial charge in [0.1, 0.15) is 17.2 Å². The van der Waals surface area contributed by atoms with Gasteiger partial charge in [0, 0.05) is 12.2 Å². The highest BCUT2D eigenvalue weighted by Crippen LogP contribution is 2.15. The Morgan fingerprint density at radius 1 is 0.971 bits per heavy atom. The van der Waals surface area contributed by atoms with E-state index in [4.69, 9.17) is 18.9 Å². The molecule has 0 bridgehead atoms. The molecule has 0 aliphatic carbocycles. The minimum absolute atomic E-state index is 0.0488. The smallest absolute Gasteiger partial charge is 0.408 e. The average Bonchev–Trinajstić information content (AvgIpc) is 2.73. The van der Waals surface area contributed by atoms with Gasteiger partial charge in [-0.1, -0.05) is 36.4 Å². The molecule has 35 heavy (non-hydrogen) atoms. The Hall–Kier alpha value is -2.87. The zero-order valence-corrected chi connectivity index (χ0v) is 22.1. The van der Waals surface area contributed by atoms with E-state index < -0.39 is 35.3 Å². The summed E-state index contributed by atoms with van der Waals surface area (Å²) in [5.74, 6) is -1.08. The molecule has 1 aromatic rings. The molecule has 0 saturated heterocycles. The van der Waals surface area contributed by atoms with E-state index in [1.165, 1.54) is 0 Å². The molecule has 1 rings (SSSR count). The van der Waals surface area contributed by atoms with Crippen molar-refractivity contribution in [1.29, 1.82) is 0 Å². The van der Waals surface area contributed by atoms with E-state index >= 15 is 0 Å². The summed E-state index contributed by atoms with van der Waals surface area (Å²) in [6.07, 6.45) is 1.91. The van der Waals surface area contributed by atoms with Crippen LogP contribution in [0.4, 0.5) is 4.79 Å². The van der Waals surface area contributed by atoms with Crippen molar-refractivity contribution >= 4 is 18.0 Å². The third-order valence-corrected chi connectivity index (χ3v) is 4.37. The molecule has 1 aromatic carbocycles. The van der Waals surface area contributed by atoms with Gasteiger partial charge in [0.25, 0.3) is 0 Å². The van der Waals surface area contributed by atoms with Crippen molar-refractivity contribution in [3.8, 4) is 0 Å². The molecule has 0 heterocycles. The Bertz CT molecular complexity index is 835. The Morgan fingerprint density at radius 2 is 1.60 bits per heavy atom. The van der Waals surface area contributed by atoms with Crippen LogP contribution in [0.15, 0.2) is 42.0 Å². The number of hydrogen-bond donors (Lipinski definition) is 1. The fraction of sp³-hybridized carbons (Fsp3) is 0.593. The maximum absolute atomic E-state index is 12.7. The quantitative estimate of drug-likeness (QED) is 0.188. The highest BCUT2D eigenvalue weighted by Gasteiger charge is 2.28. The number of amides is 1. The van der Waals surface area contributed by atoms with E-state index in [1.54, 1.807) is 54.5 Å². The molecule has 1 amide bonds. The third-order valence-electron chi connectivity index (χ3n) is 4.37. The number of rotatable bonds is 12. The van der Waals surface area contributed by atoms with Crippen LogP contribution in [-0.4, -0.2) is 48.5 Å². The van der Waals surface area contributed by atoms with Gasteiger partial charge in [-0.2, -0.15) is 0 Å². The van der Waals surface area contributed by atoms with E-state index in [9.17, 15) is 14.4 Å². The van der Waals surface area contributed by atoms with Gasteiger partial charge in [0.05, 0.1) is 13.2 Å². The summed E-state index contributed by atoms with van der Waals surface area (Å²) in [4.78, 5) is 37.5. The molecule has 1 atom stereocenters. The molecule has 1 N–H and O–H groups in total. The summed E-state index contributed by atoms with van der Waals surface area (Å²) in [7, 11) is 0. The molecule has 0 radical (unpaired) electrons. The molecule has 196 valence electrons. The van der Waals surface area contributed by atoms with Crippen molar-refractivity contribution in [2.24, 2.45) is 0 Å². The first-order valence-corrected chi connectivity index (χ1v) is 12.0. The standard InChI is InChI=1S/C27H41NO7/c1-8-33-23(29)21(15-12-18-32-19-20-13-10-9-11-14-20)16-17-22(24(30)34-26(2,3)4)28-25(31)35-27(5,6)7/h9-11,13-14,16,22H,8,12,15,17-19H2,1-7H3,(H,28,31)/b21-16+/t22-/m0/s1. The number of esters is 2. The first-order valence-electron chi connectivity index (χ1n) is 12.0. The van der Waals surface area contributed by atoms with Gasteiger partial charge in [-0.3, -0.25) is 0 Å². The van der Waals surface area contributed by atoms with E-state index in [-0.39, 0.29) is 13.0 Å². The zero-order chi connectivity index (χ0) is 26.5. The molecule has 0 aliphatic heterocycles. The number of hydrogen-bond acceptors (Lipinski definition) is 7. The normalized spacial score (nSPS) is 13.1. The second-order valence-electron chi connectivity index (χ2n) is 10.1. The Labute approximate surface area is 209 Å². The van der Waals surface area contributed by atoms with Gasteiger partial charge in [0.15, 0.2) is 0 Å². The highest BCUT2D eigenvalue weighted by atomic mass is 16.6. The monoisotopic (exact) mass is 491 g/mol.